The molecule has 0 aliphatic carbocycles. The van der Waals surface area contributed by atoms with E-state index in [1.54, 1.807) is 7.05 Å². The van der Waals surface area contributed by atoms with Crippen molar-refractivity contribution in [2.24, 2.45) is 0 Å². The number of likely N-dealkylation sites (N-methyl/N-ethyl adjacent to an activating group) is 1. The van der Waals surface area contributed by atoms with Crippen molar-refractivity contribution in [3.8, 4) is 0 Å². The first-order valence-corrected chi connectivity index (χ1v) is 10.3. The Balaban J connectivity index is 0. The molecule has 0 aromatic rings. The van der Waals surface area contributed by atoms with Crippen molar-refractivity contribution in [3.05, 3.63) is 12.2 Å². The molecule has 0 aromatic heterocycles. The minimum atomic E-state index is -0.148. The van der Waals surface area contributed by atoms with Gasteiger partial charge in [0.1, 0.15) is 0 Å². The van der Waals surface area contributed by atoms with Crippen molar-refractivity contribution >= 4 is 35.5 Å². The Morgan fingerprint density at radius 2 is 1.28 bits per heavy atom. The van der Waals surface area contributed by atoms with E-state index >= 15 is 0 Å². The van der Waals surface area contributed by atoms with Gasteiger partial charge in [0.25, 0.3) is 0 Å². The zero-order valence-electron chi connectivity index (χ0n) is 16.3. The number of esters is 1. The molecule has 0 radical (unpaired) electrons. The Bertz CT molecular complexity index is 296. The summed E-state index contributed by atoms with van der Waals surface area (Å²) in [4.78, 5) is 11.1. The van der Waals surface area contributed by atoms with Crippen molar-refractivity contribution < 1.29 is 9.53 Å². The first-order chi connectivity index (χ1) is 11.8. The molecule has 4 heteroatoms. The third-order valence-electron chi connectivity index (χ3n) is 4.24. The Kier molecular flexibility index (Phi) is 26.5. The van der Waals surface area contributed by atoms with Gasteiger partial charge in [-0.05, 0) is 39.2 Å². The first-order valence-electron chi connectivity index (χ1n) is 10.3. The summed E-state index contributed by atoms with van der Waals surface area (Å²) >= 11 is 0. The van der Waals surface area contributed by atoms with Crippen LogP contribution in [0.25, 0.3) is 0 Å². The van der Waals surface area contributed by atoms with Gasteiger partial charge < -0.3 is 10.1 Å². The zero-order chi connectivity index (χ0) is 17.7. The van der Waals surface area contributed by atoms with Gasteiger partial charge in [0, 0.05) is 0 Å². The van der Waals surface area contributed by atoms with Crippen LogP contribution in [-0.2, 0) is 9.53 Å². The molecule has 0 atom stereocenters. The van der Waals surface area contributed by atoms with Crippen molar-refractivity contribution in [2.75, 3.05) is 20.2 Å². The van der Waals surface area contributed by atoms with Crippen LogP contribution >= 0.6 is 0 Å². The first kappa shape index (κ1) is 27.4. The van der Waals surface area contributed by atoms with E-state index in [4.69, 9.17) is 4.74 Å². The SMILES string of the molecule is CCCCCCCC/C=C\CCCCCCCCOC(=O)CNC.[NaH]. The third-order valence-corrected chi connectivity index (χ3v) is 4.24. The second kappa shape index (κ2) is 24.2. The van der Waals surface area contributed by atoms with Crippen LogP contribution in [-0.4, -0.2) is 55.7 Å². The second-order valence-electron chi connectivity index (χ2n) is 6.69. The normalized spacial score (nSPS) is 10.8. The summed E-state index contributed by atoms with van der Waals surface area (Å²) in [6.07, 6.45) is 22.9. The summed E-state index contributed by atoms with van der Waals surface area (Å²) in [6.45, 7) is 3.15. The van der Waals surface area contributed by atoms with Gasteiger partial charge in [-0.25, -0.2) is 0 Å². The van der Waals surface area contributed by atoms with Crippen LogP contribution in [0.3, 0.4) is 0 Å². The number of unbranched alkanes of at least 4 members (excludes halogenated alkanes) is 12. The van der Waals surface area contributed by atoms with Gasteiger partial charge in [-0.3, -0.25) is 4.79 Å². The number of allylic oxidation sites excluding steroid dienone is 2. The fourth-order valence-corrected chi connectivity index (χ4v) is 2.73. The third kappa shape index (κ3) is 24.2. The van der Waals surface area contributed by atoms with Crippen molar-refractivity contribution in [1.82, 2.24) is 5.32 Å². The summed E-state index contributed by atoms with van der Waals surface area (Å²) in [5, 5.41) is 2.79. The van der Waals surface area contributed by atoms with Gasteiger partial charge >= 0.3 is 35.5 Å². The zero-order valence-corrected chi connectivity index (χ0v) is 16.3. The monoisotopic (exact) mass is 363 g/mol. The average Bonchev–Trinajstić information content (AvgIpc) is 2.58. The fourth-order valence-electron chi connectivity index (χ4n) is 2.73. The van der Waals surface area contributed by atoms with E-state index < -0.39 is 0 Å². The molecule has 0 saturated heterocycles. The number of hydrogen-bond acceptors (Lipinski definition) is 3. The molecule has 0 fully saturated rings. The van der Waals surface area contributed by atoms with E-state index in [-0.39, 0.29) is 35.5 Å². The van der Waals surface area contributed by atoms with E-state index in [9.17, 15) is 4.79 Å². The Labute approximate surface area is 179 Å². The van der Waals surface area contributed by atoms with Crippen molar-refractivity contribution in [2.45, 2.75) is 96.8 Å². The second-order valence-corrected chi connectivity index (χ2v) is 6.69. The number of carbonyl (C=O) groups is 1. The molecule has 0 spiro atoms. The standard InChI is InChI=1S/C21H41NO2.Na.H/c1-3-4-5-6-7-8-9-10-11-12-13-14-15-16-17-18-19-24-21(23)20-22-2;;/h10-11,22H,3-9,12-20H2,1-2H3;;/b11-10-;;. The molecule has 144 valence electrons. The molecule has 0 aliphatic heterocycles. The van der Waals surface area contributed by atoms with Crippen LogP contribution in [0, 0.1) is 0 Å². The summed E-state index contributed by atoms with van der Waals surface area (Å²) in [7, 11) is 1.76. The number of rotatable bonds is 18. The number of nitrogens with one attached hydrogen (secondary N) is 1. The van der Waals surface area contributed by atoms with Gasteiger partial charge in [0.05, 0.1) is 13.2 Å². The van der Waals surface area contributed by atoms with Gasteiger partial charge in [0.2, 0.25) is 0 Å². The van der Waals surface area contributed by atoms with E-state index in [0.717, 1.165) is 6.42 Å². The molecular formula is C21H42NNaO2. The molecule has 0 heterocycles. The molecule has 0 aliphatic rings. The van der Waals surface area contributed by atoms with Crippen LogP contribution in [0.15, 0.2) is 12.2 Å². The van der Waals surface area contributed by atoms with Crippen molar-refractivity contribution in [3.63, 3.8) is 0 Å². The van der Waals surface area contributed by atoms with Gasteiger partial charge in [0.15, 0.2) is 0 Å². The molecular weight excluding hydrogens is 321 g/mol. The molecule has 1 N–H and O–H groups in total. The molecule has 0 aromatic carbocycles. The van der Waals surface area contributed by atoms with Crippen LogP contribution in [0.5, 0.6) is 0 Å². The molecule has 0 bridgehead atoms. The predicted octanol–water partition coefficient (Wildman–Crippen LogP) is 5.14. The Morgan fingerprint density at radius 1 is 0.800 bits per heavy atom. The number of carbonyl (C=O) groups excluding carboxylic acids is 1. The minimum absolute atomic E-state index is 0. The Hall–Kier alpha value is 0.170. The topological polar surface area (TPSA) is 38.3 Å². The van der Waals surface area contributed by atoms with Gasteiger partial charge in [-0.15, -0.1) is 0 Å². The van der Waals surface area contributed by atoms with Crippen LogP contribution in [0.4, 0.5) is 0 Å². The quantitative estimate of drug-likeness (QED) is 0.159. The van der Waals surface area contributed by atoms with Gasteiger partial charge in [-0.1, -0.05) is 76.9 Å². The van der Waals surface area contributed by atoms with E-state index in [1.807, 2.05) is 0 Å². The van der Waals surface area contributed by atoms with Crippen LogP contribution < -0.4 is 5.32 Å². The molecule has 0 unspecified atom stereocenters. The summed E-state index contributed by atoms with van der Waals surface area (Å²) < 4.78 is 5.09. The van der Waals surface area contributed by atoms with Crippen molar-refractivity contribution in [1.29, 1.82) is 0 Å². The number of hydrogen-bond donors (Lipinski definition) is 1. The molecule has 3 nitrogen and oxygen atoms in total. The van der Waals surface area contributed by atoms with E-state index in [1.165, 1.54) is 83.5 Å². The summed E-state index contributed by atoms with van der Waals surface area (Å²) in [6, 6.07) is 0. The Morgan fingerprint density at radius 3 is 1.80 bits per heavy atom. The summed E-state index contributed by atoms with van der Waals surface area (Å²) in [5.41, 5.74) is 0. The average molecular weight is 364 g/mol. The molecule has 25 heavy (non-hydrogen) atoms. The number of ether oxygens (including phenoxy) is 1. The molecule has 0 amide bonds. The van der Waals surface area contributed by atoms with E-state index in [2.05, 4.69) is 24.4 Å². The maximum atomic E-state index is 11.1. The predicted molar refractivity (Wildman–Crippen MR) is 111 cm³/mol. The fraction of sp³-hybridized carbons (Fsp3) is 0.857. The molecule has 0 saturated carbocycles. The maximum absolute atomic E-state index is 11.1. The van der Waals surface area contributed by atoms with Crippen LogP contribution in [0.1, 0.15) is 96.8 Å². The van der Waals surface area contributed by atoms with Crippen LogP contribution in [0.2, 0.25) is 0 Å². The molecule has 0 rings (SSSR count). The van der Waals surface area contributed by atoms with E-state index in [0.29, 0.717) is 13.2 Å². The summed E-state index contributed by atoms with van der Waals surface area (Å²) in [5.74, 6) is -0.148. The van der Waals surface area contributed by atoms with Gasteiger partial charge in [-0.2, -0.15) is 0 Å².